The SMILES string of the molecule is CCc1cccc(CN2CCN(Cc3c(OC)cc(C(=CNC)/C(C)=C(/C)C=O)cc3OC)CC23CC3)c1CCNCOC/C(C#N)=C/C1(C)CCOCC1. The van der Waals surface area contributed by atoms with E-state index in [1.165, 1.54) is 29.5 Å². The highest BCUT2D eigenvalue weighted by Gasteiger charge is 2.51. The van der Waals surface area contributed by atoms with Crippen molar-refractivity contribution in [1.29, 1.82) is 5.26 Å². The van der Waals surface area contributed by atoms with Crippen LogP contribution in [0.3, 0.4) is 0 Å². The summed E-state index contributed by atoms with van der Waals surface area (Å²) >= 11 is 0. The molecule has 2 saturated heterocycles. The number of benzene rings is 2. The maximum atomic E-state index is 11.6. The first-order valence-corrected chi connectivity index (χ1v) is 19.9. The van der Waals surface area contributed by atoms with E-state index < -0.39 is 0 Å². The van der Waals surface area contributed by atoms with Crippen molar-refractivity contribution in [3.8, 4) is 17.6 Å². The highest BCUT2D eigenvalue weighted by Crippen LogP contribution is 2.46. The van der Waals surface area contributed by atoms with E-state index in [4.69, 9.17) is 18.9 Å². The predicted molar refractivity (Wildman–Crippen MR) is 219 cm³/mol. The summed E-state index contributed by atoms with van der Waals surface area (Å²) in [6.45, 7) is 15.9. The number of carbonyl (C=O) groups excluding carboxylic acids is 1. The van der Waals surface area contributed by atoms with Crippen LogP contribution in [0.25, 0.3) is 5.57 Å². The van der Waals surface area contributed by atoms with E-state index in [1.807, 2.05) is 27.1 Å². The molecule has 10 heteroatoms. The number of nitrogens with one attached hydrogen (secondary N) is 2. The van der Waals surface area contributed by atoms with E-state index in [9.17, 15) is 10.1 Å². The molecular weight excluding hydrogens is 691 g/mol. The van der Waals surface area contributed by atoms with Crippen LogP contribution in [0, 0.1) is 16.7 Å². The molecule has 3 aliphatic rings. The van der Waals surface area contributed by atoms with Crippen molar-refractivity contribution in [1.82, 2.24) is 20.4 Å². The maximum Gasteiger partial charge on any atom is 0.146 e. The largest absolute Gasteiger partial charge is 0.496 e. The fourth-order valence-corrected chi connectivity index (χ4v) is 8.19. The molecule has 2 aromatic carbocycles. The first-order valence-electron chi connectivity index (χ1n) is 19.9. The van der Waals surface area contributed by atoms with E-state index in [0.717, 1.165) is 118 Å². The number of carbonyl (C=O) groups is 1. The number of aldehydes is 1. The molecule has 298 valence electrons. The predicted octanol–water partition coefficient (Wildman–Crippen LogP) is 6.59. The molecule has 5 rings (SSSR count). The van der Waals surface area contributed by atoms with Crippen LogP contribution in [0.5, 0.6) is 11.5 Å². The second-order valence-corrected chi connectivity index (χ2v) is 15.7. The number of piperazine rings is 1. The lowest BCUT2D eigenvalue weighted by Gasteiger charge is -2.43. The fourth-order valence-electron chi connectivity index (χ4n) is 8.19. The van der Waals surface area contributed by atoms with Gasteiger partial charge in [-0.2, -0.15) is 5.26 Å². The van der Waals surface area contributed by atoms with Gasteiger partial charge < -0.3 is 24.3 Å². The van der Waals surface area contributed by atoms with Gasteiger partial charge in [0.1, 0.15) is 17.8 Å². The van der Waals surface area contributed by atoms with Gasteiger partial charge in [0.15, 0.2) is 0 Å². The maximum absolute atomic E-state index is 11.6. The number of allylic oxidation sites excluding steroid dienone is 4. The lowest BCUT2D eigenvalue weighted by molar-refractivity contribution is -0.104. The minimum Gasteiger partial charge on any atom is -0.496 e. The second-order valence-electron chi connectivity index (χ2n) is 15.7. The highest BCUT2D eigenvalue weighted by atomic mass is 16.5. The van der Waals surface area contributed by atoms with Crippen molar-refractivity contribution in [3.63, 3.8) is 0 Å². The van der Waals surface area contributed by atoms with Crippen molar-refractivity contribution in [3.05, 3.63) is 87.1 Å². The van der Waals surface area contributed by atoms with Gasteiger partial charge in [0.05, 0.1) is 44.8 Å². The number of nitrogens with zero attached hydrogens (tertiary/aromatic N) is 3. The average molecular weight is 754 g/mol. The topological polar surface area (TPSA) is 108 Å². The lowest BCUT2D eigenvalue weighted by atomic mass is 9.81. The Morgan fingerprint density at radius 2 is 1.73 bits per heavy atom. The molecule has 0 radical (unpaired) electrons. The highest BCUT2D eigenvalue weighted by molar-refractivity contribution is 5.87. The van der Waals surface area contributed by atoms with Crippen molar-refractivity contribution in [2.45, 2.75) is 84.8 Å². The van der Waals surface area contributed by atoms with Gasteiger partial charge in [-0.25, -0.2) is 0 Å². The summed E-state index contributed by atoms with van der Waals surface area (Å²) < 4.78 is 23.4. The zero-order valence-electron chi connectivity index (χ0n) is 34.3. The van der Waals surface area contributed by atoms with Gasteiger partial charge in [-0.1, -0.05) is 38.1 Å². The Labute approximate surface area is 329 Å². The minimum absolute atomic E-state index is 0.00425. The molecule has 0 unspecified atom stereocenters. The van der Waals surface area contributed by atoms with E-state index in [-0.39, 0.29) is 11.0 Å². The molecule has 1 spiro atoms. The van der Waals surface area contributed by atoms with Crippen molar-refractivity contribution in [2.24, 2.45) is 5.41 Å². The Morgan fingerprint density at radius 3 is 2.35 bits per heavy atom. The molecule has 3 fully saturated rings. The second kappa shape index (κ2) is 19.7. The summed E-state index contributed by atoms with van der Waals surface area (Å²) in [6, 6.07) is 13.3. The van der Waals surface area contributed by atoms with Crippen molar-refractivity contribution >= 4 is 11.9 Å². The molecule has 0 atom stereocenters. The Kier molecular flexibility index (Phi) is 15.1. The molecular formula is C45H63N5O5. The zero-order valence-corrected chi connectivity index (χ0v) is 34.3. The Hall–Kier alpha value is -3.98. The monoisotopic (exact) mass is 753 g/mol. The van der Waals surface area contributed by atoms with E-state index in [0.29, 0.717) is 24.5 Å². The molecule has 0 aromatic heterocycles. The van der Waals surface area contributed by atoms with Crippen LogP contribution >= 0.6 is 0 Å². The van der Waals surface area contributed by atoms with Gasteiger partial charge >= 0.3 is 0 Å². The third-order valence-electron chi connectivity index (χ3n) is 11.9. The summed E-state index contributed by atoms with van der Waals surface area (Å²) in [5, 5.41) is 16.3. The summed E-state index contributed by atoms with van der Waals surface area (Å²) in [7, 11) is 5.29. The van der Waals surface area contributed by atoms with E-state index in [2.05, 4.69) is 76.8 Å². The Balaban J connectivity index is 1.21. The summed E-state index contributed by atoms with van der Waals surface area (Å²) in [6.07, 6.45) is 11.1. The molecule has 0 bridgehead atoms. The summed E-state index contributed by atoms with van der Waals surface area (Å²) in [5.74, 6) is 1.57. The quantitative estimate of drug-likeness (QED) is 0.0408. The fraction of sp³-hybridized carbons (Fsp3) is 0.556. The number of hydrogen-bond acceptors (Lipinski definition) is 10. The molecule has 55 heavy (non-hydrogen) atoms. The number of rotatable bonds is 19. The van der Waals surface area contributed by atoms with Crippen molar-refractivity contribution in [2.75, 3.05) is 74.0 Å². The normalized spacial score (nSPS) is 19.1. The molecule has 1 saturated carbocycles. The van der Waals surface area contributed by atoms with Crippen LogP contribution in [-0.4, -0.2) is 95.6 Å². The van der Waals surface area contributed by atoms with Crippen LogP contribution in [-0.2, 0) is 40.2 Å². The molecule has 2 N–H and O–H groups in total. The molecule has 2 aliphatic heterocycles. The van der Waals surface area contributed by atoms with Crippen LogP contribution < -0.4 is 20.1 Å². The number of methoxy groups -OCH3 is 2. The third kappa shape index (κ3) is 10.7. The van der Waals surface area contributed by atoms with Crippen LogP contribution in [0.4, 0.5) is 0 Å². The lowest BCUT2D eigenvalue weighted by Crippen LogP contribution is -2.54. The minimum atomic E-state index is 0.00425. The van der Waals surface area contributed by atoms with Gasteiger partial charge in [0, 0.05) is 76.8 Å². The standard InChI is InChI=1S/C45H63N5O5/c1-8-36-10-9-11-37(39(36)12-17-48-32-55-30-35(25-46)24-44(4)15-20-54-21-16-44)27-50-19-18-49(31-45(50)13-14-45)28-41-42(52-6)22-38(23-43(41)53-7)40(26-47-5)34(3)33(2)29-51/h9-11,22-24,26,29,47-48H,8,12-21,27-28,30-32H2,1-7H3/b34-33-,35-24+,40-26?. The molecule has 10 nitrogen and oxygen atoms in total. The molecule has 2 aromatic rings. The summed E-state index contributed by atoms with van der Waals surface area (Å²) in [5.41, 5.74) is 9.62. The molecule has 2 heterocycles. The van der Waals surface area contributed by atoms with Crippen LogP contribution in [0.2, 0.25) is 0 Å². The first-order chi connectivity index (χ1) is 26.6. The van der Waals surface area contributed by atoms with Gasteiger partial charge in [-0.15, -0.1) is 0 Å². The summed E-state index contributed by atoms with van der Waals surface area (Å²) in [4.78, 5) is 16.9. The zero-order chi connectivity index (χ0) is 39.4. The van der Waals surface area contributed by atoms with Gasteiger partial charge in [0.25, 0.3) is 0 Å². The Bertz CT molecular complexity index is 1740. The molecule has 0 amide bonds. The third-order valence-corrected chi connectivity index (χ3v) is 11.9. The number of nitriles is 1. The van der Waals surface area contributed by atoms with E-state index >= 15 is 0 Å². The van der Waals surface area contributed by atoms with Gasteiger partial charge in [-0.05, 0) is 103 Å². The number of hydrogen-bond donors (Lipinski definition) is 2. The first kappa shape index (κ1) is 42.2. The average Bonchev–Trinajstić information content (AvgIpc) is 3.97. The van der Waals surface area contributed by atoms with Crippen LogP contribution in [0.15, 0.2) is 59.3 Å². The number of aryl methyl sites for hydroxylation is 1. The van der Waals surface area contributed by atoms with Crippen molar-refractivity contribution < 1.29 is 23.7 Å². The Morgan fingerprint density at radius 1 is 1.02 bits per heavy atom. The number of ether oxygens (including phenoxy) is 4. The van der Waals surface area contributed by atoms with Gasteiger partial charge in [0.2, 0.25) is 0 Å². The van der Waals surface area contributed by atoms with Gasteiger partial charge in [-0.3, -0.25) is 19.9 Å². The van der Waals surface area contributed by atoms with E-state index in [1.54, 1.807) is 14.2 Å². The van der Waals surface area contributed by atoms with Crippen LogP contribution in [0.1, 0.15) is 81.2 Å². The molecule has 1 aliphatic carbocycles. The smallest absolute Gasteiger partial charge is 0.146 e.